The number of alkyl halides is 1. The van der Waals surface area contributed by atoms with E-state index >= 15 is 0 Å². The molecule has 1 unspecified atom stereocenters. The lowest BCUT2D eigenvalue weighted by atomic mass is 10.8. The molecule has 0 aromatic heterocycles. The number of sulfonamides is 1. The number of halogens is 1. The number of rotatable bonds is 6. The predicted octanol–water partition coefficient (Wildman–Crippen LogP) is -0.477. The summed E-state index contributed by atoms with van der Waals surface area (Å²) in [4.78, 5) is 0. The van der Waals surface area contributed by atoms with Crippen LogP contribution in [0.2, 0.25) is 0 Å². The van der Waals surface area contributed by atoms with E-state index in [1.165, 1.54) is 6.26 Å². The van der Waals surface area contributed by atoms with Crippen LogP contribution in [0.15, 0.2) is 0 Å². The van der Waals surface area contributed by atoms with E-state index in [0.717, 1.165) is 0 Å². The second-order valence-corrected chi connectivity index (χ2v) is 6.04. The highest BCUT2D eigenvalue weighted by atomic mass is 35.5. The number of nitrogens with one attached hydrogen (secondary N) is 1. The first-order valence-electron chi connectivity index (χ1n) is 3.31. The molecule has 0 aromatic carbocycles. The summed E-state index contributed by atoms with van der Waals surface area (Å²) in [5.41, 5.74) is 0. The Morgan fingerprint density at radius 3 is 2.50 bits per heavy atom. The van der Waals surface area contributed by atoms with Gasteiger partial charge < -0.3 is 0 Å². The summed E-state index contributed by atoms with van der Waals surface area (Å²) in [6, 6.07) is 0. The van der Waals surface area contributed by atoms with Gasteiger partial charge in [0.2, 0.25) is 10.0 Å². The zero-order valence-corrected chi connectivity index (χ0v) is 9.14. The van der Waals surface area contributed by atoms with E-state index in [1.807, 2.05) is 0 Å². The van der Waals surface area contributed by atoms with Crippen LogP contribution >= 0.6 is 11.6 Å². The standard InChI is InChI=1S/C5H12ClNO3S2/c1-11(8)4-3-7-12(9,10)5-2-6/h7H,2-5H2,1H3. The molecule has 0 radical (unpaired) electrons. The van der Waals surface area contributed by atoms with Gasteiger partial charge in [-0.05, 0) is 0 Å². The van der Waals surface area contributed by atoms with Crippen LogP contribution in [0.3, 0.4) is 0 Å². The van der Waals surface area contributed by atoms with Crippen LogP contribution in [0.25, 0.3) is 0 Å². The van der Waals surface area contributed by atoms with Gasteiger partial charge in [-0.15, -0.1) is 11.6 Å². The van der Waals surface area contributed by atoms with Crippen LogP contribution < -0.4 is 4.72 Å². The van der Waals surface area contributed by atoms with Crippen LogP contribution in [0, 0.1) is 0 Å². The van der Waals surface area contributed by atoms with Crippen molar-refractivity contribution < 1.29 is 12.6 Å². The van der Waals surface area contributed by atoms with Crippen molar-refractivity contribution in [1.82, 2.24) is 4.72 Å². The molecule has 0 saturated heterocycles. The Morgan fingerprint density at radius 2 is 2.08 bits per heavy atom. The Hall–Kier alpha value is 0.350. The van der Waals surface area contributed by atoms with Crippen molar-refractivity contribution in [3.63, 3.8) is 0 Å². The van der Waals surface area contributed by atoms with E-state index in [9.17, 15) is 12.6 Å². The third kappa shape index (κ3) is 7.02. The maximum Gasteiger partial charge on any atom is 0.212 e. The van der Waals surface area contributed by atoms with Crippen LogP contribution in [-0.4, -0.2) is 42.8 Å². The SMILES string of the molecule is CS(=O)CCNS(=O)(=O)CCCl. The Bertz CT molecular complexity index is 239. The minimum Gasteiger partial charge on any atom is -0.260 e. The predicted molar refractivity (Wildman–Crippen MR) is 51.4 cm³/mol. The molecule has 1 N–H and O–H groups in total. The quantitative estimate of drug-likeness (QED) is 0.631. The van der Waals surface area contributed by atoms with Crippen LogP contribution in [-0.2, 0) is 20.8 Å². The monoisotopic (exact) mass is 233 g/mol. The smallest absolute Gasteiger partial charge is 0.212 e. The van der Waals surface area contributed by atoms with Gasteiger partial charge in [0.15, 0.2) is 0 Å². The average Bonchev–Trinajstić information content (AvgIpc) is 1.85. The topological polar surface area (TPSA) is 63.2 Å². The van der Waals surface area contributed by atoms with Gasteiger partial charge in [-0.1, -0.05) is 0 Å². The normalized spacial score (nSPS) is 14.5. The van der Waals surface area contributed by atoms with Crippen molar-refractivity contribution in [1.29, 1.82) is 0 Å². The van der Waals surface area contributed by atoms with Gasteiger partial charge in [-0.3, -0.25) is 4.21 Å². The summed E-state index contributed by atoms with van der Waals surface area (Å²) in [7, 11) is -4.21. The highest BCUT2D eigenvalue weighted by molar-refractivity contribution is 7.89. The van der Waals surface area contributed by atoms with Crippen molar-refractivity contribution in [2.75, 3.05) is 30.2 Å². The van der Waals surface area contributed by atoms with Gasteiger partial charge in [-0.2, -0.15) is 0 Å². The van der Waals surface area contributed by atoms with Crippen LogP contribution in [0.4, 0.5) is 0 Å². The van der Waals surface area contributed by atoms with Gasteiger partial charge in [0.05, 0.1) is 5.75 Å². The third-order valence-electron chi connectivity index (χ3n) is 1.06. The minimum absolute atomic E-state index is 0.0740. The van der Waals surface area contributed by atoms with Crippen molar-refractivity contribution in [3.8, 4) is 0 Å². The lowest BCUT2D eigenvalue weighted by Crippen LogP contribution is -2.30. The van der Waals surface area contributed by atoms with Gasteiger partial charge in [0.25, 0.3) is 0 Å². The second kappa shape index (κ2) is 5.90. The molecule has 0 heterocycles. The zero-order valence-electron chi connectivity index (χ0n) is 6.75. The van der Waals surface area contributed by atoms with Crippen molar-refractivity contribution >= 4 is 32.4 Å². The van der Waals surface area contributed by atoms with Gasteiger partial charge in [0, 0.05) is 35.2 Å². The minimum atomic E-state index is -3.24. The first-order chi connectivity index (χ1) is 5.48. The van der Waals surface area contributed by atoms with Gasteiger partial charge >= 0.3 is 0 Å². The highest BCUT2D eigenvalue weighted by Crippen LogP contribution is 1.86. The third-order valence-corrected chi connectivity index (χ3v) is 3.64. The molecule has 0 aliphatic heterocycles. The summed E-state index contributed by atoms with van der Waals surface area (Å²) in [5.74, 6) is 0.316. The molecule has 0 fully saturated rings. The fraction of sp³-hybridized carbons (Fsp3) is 1.00. The van der Waals surface area contributed by atoms with Gasteiger partial charge in [0.1, 0.15) is 0 Å². The lowest BCUT2D eigenvalue weighted by Gasteiger charge is -2.02. The fourth-order valence-corrected chi connectivity index (χ4v) is 2.40. The molecule has 0 saturated carbocycles. The average molecular weight is 234 g/mol. The maximum absolute atomic E-state index is 10.9. The summed E-state index contributed by atoms with van der Waals surface area (Å²) >= 11 is 5.25. The molecule has 0 rings (SSSR count). The highest BCUT2D eigenvalue weighted by Gasteiger charge is 2.07. The molecule has 0 aliphatic carbocycles. The fourth-order valence-electron chi connectivity index (χ4n) is 0.515. The van der Waals surface area contributed by atoms with E-state index in [0.29, 0.717) is 5.75 Å². The Balaban J connectivity index is 3.69. The first kappa shape index (κ1) is 12.3. The zero-order chi connectivity index (χ0) is 9.61. The molecule has 0 aliphatic rings. The summed E-state index contributed by atoms with van der Waals surface area (Å²) in [6.45, 7) is 0.211. The molecule has 0 aromatic rings. The molecule has 0 amide bonds. The van der Waals surface area contributed by atoms with E-state index in [4.69, 9.17) is 11.6 Å². The molecular formula is C5H12ClNO3S2. The number of hydrogen-bond donors (Lipinski definition) is 1. The van der Waals surface area contributed by atoms with E-state index in [1.54, 1.807) is 0 Å². The molecule has 0 bridgehead atoms. The molecule has 1 atom stereocenters. The van der Waals surface area contributed by atoms with Crippen molar-refractivity contribution in [2.24, 2.45) is 0 Å². The first-order valence-corrected chi connectivity index (χ1v) is 7.22. The van der Waals surface area contributed by atoms with E-state index < -0.39 is 20.8 Å². The Kier molecular flexibility index (Phi) is 6.08. The van der Waals surface area contributed by atoms with E-state index in [-0.39, 0.29) is 18.2 Å². The second-order valence-electron chi connectivity index (χ2n) is 2.18. The molecule has 4 nitrogen and oxygen atoms in total. The number of hydrogen-bond acceptors (Lipinski definition) is 3. The Labute approximate surface area is 80.2 Å². The van der Waals surface area contributed by atoms with E-state index in [2.05, 4.69) is 4.72 Å². The largest absolute Gasteiger partial charge is 0.260 e. The molecule has 12 heavy (non-hydrogen) atoms. The molecule has 7 heteroatoms. The summed E-state index contributed by atoms with van der Waals surface area (Å²) in [5, 5.41) is 0. The van der Waals surface area contributed by atoms with Crippen molar-refractivity contribution in [2.45, 2.75) is 0 Å². The maximum atomic E-state index is 10.9. The van der Waals surface area contributed by atoms with Crippen molar-refractivity contribution in [3.05, 3.63) is 0 Å². The lowest BCUT2D eigenvalue weighted by molar-refractivity contribution is 0.585. The summed E-state index contributed by atoms with van der Waals surface area (Å²) in [6.07, 6.45) is 1.52. The molecular weight excluding hydrogens is 222 g/mol. The van der Waals surface area contributed by atoms with Gasteiger partial charge in [-0.25, -0.2) is 13.1 Å². The summed E-state index contributed by atoms with van der Waals surface area (Å²) < 4.78 is 34.7. The Morgan fingerprint density at radius 1 is 1.50 bits per heavy atom. The van der Waals surface area contributed by atoms with Crippen LogP contribution in [0.1, 0.15) is 0 Å². The molecule has 0 spiro atoms. The molecule has 74 valence electrons. The van der Waals surface area contributed by atoms with Crippen LogP contribution in [0.5, 0.6) is 0 Å².